The Labute approximate surface area is 87.3 Å². The predicted octanol–water partition coefficient (Wildman–Crippen LogP) is 2.83. The number of carboxylic acid groups (broad SMARTS) is 1. The van der Waals surface area contributed by atoms with E-state index in [9.17, 15) is 4.79 Å². The van der Waals surface area contributed by atoms with Gasteiger partial charge in [0.25, 0.3) is 0 Å². The molecule has 14 heavy (non-hydrogen) atoms. The van der Waals surface area contributed by atoms with Crippen LogP contribution in [0.3, 0.4) is 0 Å². The van der Waals surface area contributed by atoms with Crippen molar-refractivity contribution in [1.29, 1.82) is 0 Å². The van der Waals surface area contributed by atoms with Crippen molar-refractivity contribution in [2.75, 3.05) is 6.61 Å². The summed E-state index contributed by atoms with van der Waals surface area (Å²) in [6.45, 7) is 2.44. The highest BCUT2D eigenvalue weighted by Crippen LogP contribution is 2.26. The molecular formula is C10H11ClO3. The van der Waals surface area contributed by atoms with E-state index >= 15 is 0 Å². The van der Waals surface area contributed by atoms with E-state index in [1.807, 2.05) is 6.92 Å². The fourth-order valence-electron chi connectivity index (χ4n) is 1.04. The Bertz CT molecular complexity index is 336. The summed E-state index contributed by atoms with van der Waals surface area (Å²) in [5.74, 6) is -0.742. The third kappa shape index (κ3) is 2.39. The highest BCUT2D eigenvalue weighted by Gasteiger charge is 2.14. The lowest BCUT2D eigenvalue weighted by atomic mass is 10.2. The fraction of sp³-hybridized carbons (Fsp3) is 0.300. The smallest absolute Gasteiger partial charge is 0.341 e. The van der Waals surface area contributed by atoms with Crippen LogP contribution in [0.1, 0.15) is 23.7 Å². The van der Waals surface area contributed by atoms with Crippen LogP contribution in [0.5, 0.6) is 5.75 Å². The van der Waals surface area contributed by atoms with Crippen molar-refractivity contribution in [3.8, 4) is 5.75 Å². The first-order valence-electron chi connectivity index (χ1n) is 4.31. The van der Waals surface area contributed by atoms with Crippen LogP contribution in [-0.4, -0.2) is 17.7 Å². The lowest BCUT2D eigenvalue weighted by molar-refractivity contribution is 0.0692. The maximum Gasteiger partial charge on any atom is 0.341 e. The van der Waals surface area contributed by atoms with Crippen molar-refractivity contribution in [2.45, 2.75) is 13.3 Å². The fourth-order valence-corrected chi connectivity index (χ4v) is 1.29. The Morgan fingerprint density at radius 3 is 2.86 bits per heavy atom. The minimum absolute atomic E-state index is 0.0302. The molecule has 0 aromatic heterocycles. The van der Waals surface area contributed by atoms with Crippen molar-refractivity contribution in [3.63, 3.8) is 0 Å². The molecule has 0 amide bonds. The van der Waals surface area contributed by atoms with Crippen molar-refractivity contribution >= 4 is 17.6 Å². The number of hydrogen-bond acceptors (Lipinski definition) is 2. The highest BCUT2D eigenvalue weighted by atomic mass is 35.5. The summed E-state index contributed by atoms with van der Waals surface area (Å²) >= 11 is 5.74. The van der Waals surface area contributed by atoms with Gasteiger partial charge in [0.15, 0.2) is 0 Å². The third-order valence-electron chi connectivity index (χ3n) is 1.65. The second-order valence-corrected chi connectivity index (χ2v) is 3.17. The molecule has 76 valence electrons. The molecule has 0 heterocycles. The Balaban J connectivity index is 3.02. The van der Waals surface area contributed by atoms with Gasteiger partial charge >= 0.3 is 5.97 Å². The van der Waals surface area contributed by atoms with Gasteiger partial charge in [0.2, 0.25) is 0 Å². The maximum absolute atomic E-state index is 10.8. The van der Waals surface area contributed by atoms with Gasteiger partial charge in [-0.15, -0.1) is 0 Å². The van der Waals surface area contributed by atoms with Gasteiger partial charge in [0.1, 0.15) is 11.3 Å². The number of carbonyl (C=O) groups is 1. The first-order chi connectivity index (χ1) is 6.66. The molecule has 1 aromatic rings. The van der Waals surface area contributed by atoms with Crippen LogP contribution >= 0.6 is 11.6 Å². The topological polar surface area (TPSA) is 46.5 Å². The molecule has 3 nitrogen and oxygen atoms in total. The van der Waals surface area contributed by atoms with Gasteiger partial charge in [0.05, 0.1) is 11.6 Å². The molecule has 0 spiro atoms. The van der Waals surface area contributed by atoms with Crippen LogP contribution in [0.25, 0.3) is 0 Å². The number of rotatable bonds is 4. The first-order valence-corrected chi connectivity index (χ1v) is 4.69. The predicted molar refractivity (Wildman–Crippen MR) is 54.2 cm³/mol. The van der Waals surface area contributed by atoms with Gasteiger partial charge in [0, 0.05) is 0 Å². The van der Waals surface area contributed by atoms with Crippen LogP contribution in [0.15, 0.2) is 18.2 Å². The number of benzene rings is 1. The van der Waals surface area contributed by atoms with Crippen LogP contribution in [0, 0.1) is 0 Å². The average molecular weight is 215 g/mol. The summed E-state index contributed by atoms with van der Waals surface area (Å²) in [7, 11) is 0. The Hall–Kier alpha value is -1.22. The van der Waals surface area contributed by atoms with Gasteiger partial charge in [-0.05, 0) is 18.6 Å². The van der Waals surface area contributed by atoms with E-state index in [0.717, 1.165) is 6.42 Å². The van der Waals surface area contributed by atoms with E-state index in [4.69, 9.17) is 21.4 Å². The number of hydrogen-bond donors (Lipinski definition) is 1. The number of aromatic carboxylic acids is 1. The molecule has 0 saturated heterocycles. The molecule has 1 aromatic carbocycles. The lowest BCUT2D eigenvalue weighted by Crippen LogP contribution is -2.04. The second kappa shape index (κ2) is 4.86. The molecule has 0 aliphatic heterocycles. The molecule has 0 unspecified atom stereocenters. The molecule has 0 fully saturated rings. The van der Waals surface area contributed by atoms with Gasteiger partial charge in [-0.25, -0.2) is 4.79 Å². The van der Waals surface area contributed by atoms with Crippen LogP contribution in [0.4, 0.5) is 0 Å². The molecular weight excluding hydrogens is 204 g/mol. The van der Waals surface area contributed by atoms with Crippen LogP contribution in [0.2, 0.25) is 5.02 Å². The first kappa shape index (κ1) is 10.9. The quantitative estimate of drug-likeness (QED) is 0.839. The minimum atomic E-state index is -1.07. The zero-order valence-electron chi connectivity index (χ0n) is 7.79. The second-order valence-electron chi connectivity index (χ2n) is 2.77. The molecule has 1 rings (SSSR count). The van der Waals surface area contributed by atoms with Crippen molar-refractivity contribution in [2.24, 2.45) is 0 Å². The molecule has 0 radical (unpaired) electrons. The van der Waals surface area contributed by atoms with Crippen molar-refractivity contribution < 1.29 is 14.6 Å². The van der Waals surface area contributed by atoms with E-state index in [0.29, 0.717) is 12.4 Å². The normalized spacial score (nSPS) is 9.86. The molecule has 0 saturated carbocycles. The van der Waals surface area contributed by atoms with Gasteiger partial charge in [-0.2, -0.15) is 0 Å². The third-order valence-corrected chi connectivity index (χ3v) is 1.97. The Morgan fingerprint density at radius 1 is 1.57 bits per heavy atom. The molecule has 4 heteroatoms. The van der Waals surface area contributed by atoms with E-state index < -0.39 is 5.97 Å². The largest absolute Gasteiger partial charge is 0.493 e. The summed E-state index contributed by atoms with van der Waals surface area (Å²) in [5, 5.41) is 9.08. The minimum Gasteiger partial charge on any atom is -0.493 e. The molecule has 1 N–H and O–H groups in total. The standard InChI is InChI=1S/C10H11ClO3/c1-2-6-14-8-5-3-4-7(11)9(8)10(12)13/h3-5H,2,6H2,1H3,(H,12,13). The van der Waals surface area contributed by atoms with E-state index in [2.05, 4.69) is 0 Å². The van der Waals surface area contributed by atoms with Crippen molar-refractivity contribution in [3.05, 3.63) is 28.8 Å². The SMILES string of the molecule is CCCOc1cccc(Cl)c1C(=O)O. The zero-order valence-corrected chi connectivity index (χ0v) is 8.54. The maximum atomic E-state index is 10.8. The van der Waals surface area contributed by atoms with Gasteiger partial charge < -0.3 is 9.84 Å². The van der Waals surface area contributed by atoms with E-state index in [1.165, 1.54) is 6.07 Å². The molecule has 0 bridgehead atoms. The average Bonchev–Trinajstić information content (AvgIpc) is 2.14. The van der Waals surface area contributed by atoms with Gasteiger partial charge in [-0.3, -0.25) is 0 Å². The van der Waals surface area contributed by atoms with E-state index in [-0.39, 0.29) is 10.6 Å². The molecule has 0 aliphatic carbocycles. The summed E-state index contributed by atoms with van der Waals surface area (Å²) in [6, 6.07) is 4.80. The summed E-state index contributed by atoms with van der Waals surface area (Å²) in [4.78, 5) is 10.8. The van der Waals surface area contributed by atoms with E-state index in [1.54, 1.807) is 12.1 Å². The lowest BCUT2D eigenvalue weighted by Gasteiger charge is -2.08. The molecule has 0 atom stereocenters. The number of carboxylic acids is 1. The summed E-state index contributed by atoms with van der Waals surface area (Å²) in [5.41, 5.74) is 0.0302. The van der Waals surface area contributed by atoms with Gasteiger partial charge in [-0.1, -0.05) is 24.6 Å². The number of ether oxygens (including phenoxy) is 1. The Kier molecular flexibility index (Phi) is 3.77. The summed E-state index contributed by atoms with van der Waals surface area (Å²) < 4.78 is 5.26. The zero-order chi connectivity index (χ0) is 10.6. The monoisotopic (exact) mass is 214 g/mol. The highest BCUT2D eigenvalue weighted by molar-refractivity contribution is 6.33. The van der Waals surface area contributed by atoms with Crippen LogP contribution in [-0.2, 0) is 0 Å². The summed E-state index contributed by atoms with van der Waals surface area (Å²) in [6.07, 6.45) is 0.825. The molecule has 0 aliphatic rings. The Morgan fingerprint density at radius 2 is 2.29 bits per heavy atom. The van der Waals surface area contributed by atoms with Crippen LogP contribution < -0.4 is 4.74 Å². The van der Waals surface area contributed by atoms with Crippen molar-refractivity contribution in [1.82, 2.24) is 0 Å². The number of halogens is 1.